The van der Waals surface area contributed by atoms with E-state index in [1.54, 1.807) is 35.3 Å². The van der Waals surface area contributed by atoms with Gasteiger partial charge in [-0.1, -0.05) is 45.4 Å². The van der Waals surface area contributed by atoms with Crippen LogP contribution in [0, 0.1) is 0 Å². The third-order valence-corrected chi connectivity index (χ3v) is 8.45. The van der Waals surface area contributed by atoms with Crippen molar-refractivity contribution >= 4 is 41.1 Å². The lowest BCUT2D eigenvalue weighted by Crippen LogP contribution is -2.26. The summed E-state index contributed by atoms with van der Waals surface area (Å²) in [4.78, 5) is 12.2. The Kier molecular flexibility index (Phi) is 12.0. The molecule has 1 nitrogen and oxygen atoms in total. The van der Waals surface area contributed by atoms with Crippen LogP contribution < -0.4 is 0 Å². The Morgan fingerprint density at radius 3 is 1.72 bits per heavy atom. The fourth-order valence-electron chi connectivity index (χ4n) is 1.99. The number of rotatable bonds is 12. The second kappa shape index (κ2) is 11.5. The third kappa shape index (κ3) is 6.76. The molecule has 0 spiro atoms. The highest BCUT2D eigenvalue weighted by Gasteiger charge is 2.34. The van der Waals surface area contributed by atoms with Crippen LogP contribution in [0.1, 0.15) is 58.3 Å². The lowest BCUT2D eigenvalue weighted by atomic mass is 10.1. The maximum absolute atomic E-state index is 12.2. The summed E-state index contributed by atoms with van der Waals surface area (Å²) in [5.74, 6) is 0.406. The van der Waals surface area contributed by atoms with Gasteiger partial charge < -0.3 is 0 Å². The van der Waals surface area contributed by atoms with Crippen molar-refractivity contribution in [2.75, 3.05) is 18.8 Å². The van der Waals surface area contributed by atoms with E-state index in [9.17, 15) is 4.79 Å². The van der Waals surface area contributed by atoms with Gasteiger partial charge in [0, 0.05) is 6.42 Å². The first-order chi connectivity index (χ1) is 8.66. The molecule has 0 unspecified atom stereocenters. The van der Waals surface area contributed by atoms with Crippen LogP contribution in [0.5, 0.6) is 0 Å². The van der Waals surface area contributed by atoms with Crippen LogP contribution in [-0.2, 0) is 4.79 Å². The van der Waals surface area contributed by atoms with Gasteiger partial charge in [-0.3, -0.25) is 4.79 Å². The number of thioether (sulfide) groups is 3. The summed E-state index contributed by atoms with van der Waals surface area (Å²) in [6, 6.07) is 0. The van der Waals surface area contributed by atoms with Gasteiger partial charge in [0.1, 0.15) is 0 Å². The molecule has 0 heterocycles. The van der Waals surface area contributed by atoms with Crippen molar-refractivity contribution in [1.82, 2.24) is 0 Å². The van der Waals surface area contributed by atoms with Gasteiger partial charge in [0.25, 0.3) is 0 Å². The normalized spacial score (nSPS) is 11.8. The molecule has 0 saturated carbocycles. The van der Waals surface area contributed by atoms with Gasteiger partial charge in [0.15, 0.2) is 9.19 Å². The van der Waals surface area contributed by atoms with Crippen molar-refractivity contribution < 1.29 is 4.79 Å². The minimum absolute atomic E-state index is 0.262. The Morgan fingerprint density at radius 1 is 0.833 bits per heavy atom. The van der Waals surface area contributed by atoms with Crippen molar-refractivity contribution in [2.45, 2.75) is 61.7 Å². The Morgan fingerprint density at radius 2 is 1.28 bits per heavy atom. The molecule has 0 fully saturated rings. The third-order valence-electron chi connectivity index (χ3n) is 3.16. The maximum Gasteiger partial charge on any atom is 0.169 e. The van der Waals surface area contributed by atoms with Gasteiger partial charge in [-0.25, -0.2) is 0 Å². The molecule has 0 bridgehead atoms. The van der Waals surface area contributed by atoms with Crippen molar-refractivity contribution in [3.8, 4) is 0 Å². The van der Waals surface area contributed by atoms with E-state index in [0.29, 0.717) is 5.78 Å². The van der Waals surface area contributed by atoms with Crippen LogP contribution in [0.2, 0.25) is 0 Å². The fourth-order valence-corrected chi connectivity index (χ4v) is 4.98. The molecule has 4 heteroatoms. The Bertz CT molecular complexity index is 207. The molecule has 0 aliphatic rings. The first-order valence-corrected chi connectivity index (χ1v) is 10.5. The van der Waals surface area contributed by atoms with Crippen molar-refractivity contribution in [3.63, 3.8) is 0 Å². The highest BCUT2D eigenvalue weighted by atomic mass is 32.3. The summed E-state index contributed by atoms with van der Waals surface area (Å²) < 4.78 is -0.262. The quantitative estimate of drug-likeness (QED) is 0.352. The molecular weight excluding hydrogens is 280 g/mol. The molecule has 0 aromatic rings. The zero-order chi connectivity index (χ0) is 13.9. The first-order valence-electron chi connectivity index (χ1n) is 6.85. The summed E-state index contributed by atoms with van der Waals surface area (Å²) >= 11 is 5.03. The summed E-state index contributed by atoms with van der Waals surface area (Å²) in [5.41, 5.74) is 0. The zero-order valence-electron chi connectivity index (χ0n) is 12.3. The van der Waals surface area contributed by atoms with Gasteiger partial charge in [-0.05, 0) is 25.2 Å². The Balaban J connectivity index is 3.75. The number of hydrogen-bond acceptors (Lipinski definition) is 4. The molecule has 0 aromatic carbocycles. The molecule has 0 radical (unpaired) electrons. The molecule has 0 aliphatic heterocycles. The lowest BCUT2D eigenvalue weighted by molar-refractivity contribution is -0.117. The summed E-state index contributed by atoms with van der Waals surface area (Å²) in [5, 5.41) is 0. The molecule has 0 rings (SSSR count). The van der Waals surface area contributed by atoms with E-state index in [1.165, 1.54) is 38.5 Å². The van der Waals surface area contributed by atoms with Crippen LogP contribution in [0.15, 0.2) is 0 Å². The number of Topliss-reactive ketones (excluding diaryl/α,β-unsaturated/α-hetero) is 1. The SMILES string of the molecule is CCCCCCCCCC(=O)C(SC)(SC)SC. The highest BCUT2D eigenvalue weighted by molar-refractivity contribution is 8.34. The number of carbonyl (C=O) groups is 1. The van der Waals surface area contributed by atoms with Crippen LogP contribution in [0.4, 0.5) is 0 Å². The molecule has 0 aliphatic carbocycles. The highest BCUT2D eigenvalue weighted by Crippen LogP contribution is 2.44. The zero-order valence-corrected chi connectivity index (χ0v) is 14.7. The fraction of sp³-hybridized carbons (Fsp3) is 0.929. The van der Waals surface area contributed by atoms with Crippen LogP contribution in [0.3, 0.4) is 0 Å². The molecule has 0 aromatic heterocycles. The van der Waals surface area contributed by atoms with Crippen LogP contribution >= 0.6 is 35.3 Å². The predicted molar refractivity (Wildman–Crippen MR) is 90.9 cm³/mol. The Hall–Kier alpha value is 0.720. The van der Waals surface area contributed by atoms with E-state index < -0.39 is 0 Å². The topological polar surface area (TPSA) is 17.1 Å². The average Bonchev–Trinajstić information content (AvgIpc) is 2.40. The van der Waals surface area contributed by atoms with Crippen LogP contribution in [0.25, 0.3) is 0 Å². The lowest BCUT2D eigenvalue weighted by Gasteiger charge is -2.26. The molecule has 0 amide bonds. The van der Waals surface area contributed by atoms with Crippen molar-refractivity contribution in [3.05, 3.63) is 0 Å². The van der Waals surface area contributed by atoms with Gasteiger partial charge in [-0.15, -0.1) is 35.3 Å². The summed E-state index contributed by atoms with van der Waals surface area (Å²) in [6.45, 7) is 2.24. The van der Waals surface area contributed by atoms with E-state index in [4.69, 9.17) is 0 Å². The van der Waals surface area contributed by atoms with Gasteiger partial charge in [0.05, 0.1) is 0 Å². The smallest absolute Gasteiger partial charge is 0.169 e. The predicted octanol–water partition coefficient (Wildman–Crippen LogP) is 5.44. The van der Waals surface area contributed by atoms with E-state index in [-0.39, 0.29) is 3.41 Å². The number of hydrogen-bond donors (Lipinski definition) is 0. The minimum atomic E-state index is -0.262. The van der Waals surface area contributed by atoms with Crippen molar-refractivity contribution in [2.24, 2.45) is 0 Å². The molecule has 0 N–H and O–H groups in total. The molecule has 108 valence electrons. The van der Waals surface area contributed by atoms with E-state index >= 15 is 0 Å². The molecule has 0 atom stereocenters. The largest absolute Gasteiger partial charge is 0.296 e. The minimum Gasteiger partial charge on any atom is -0.296 e. The molecule has 18 heavy (non-hydrogen) atoms. The van der Waals surface area contributed by atoms with E-state index in [0.717, 1.165) is 12.8 Å². The number of ketones is 1. The Labute approximate surface area is 126 Å². The average molecular weight is 309 g/mol. The second-order valence-corrected chi connectivity index (χ2v) is 8.30. The first kappa shape index (κ1) is 18.7. The van der Waals surface area contributed by atoms with Gasteiger partial charge >= 0.3 is 0 Å². The summed E-state index contributed by atoms with van der Waals surface area (Å²) in [6.07, 6.45) is 15.8. The summed E-state index contributed by atoms with van der Waals surface area (Å²) in [7, 11) is 0. The maximum atomic E-state index is 12.2. The number of unbranched alkanes of at least 4 members (excludes halogenated alkanes) is 6. The standard InChI is InChI=1S/C14H28OS3/c1-5-6-7-8-9-10-11-12-13(15)14(16-2,17-3)18-4/h5-12H2,1-4H3. The molecule has 0 saturated heterocycles. The second-order valence-electron chi connectivity index (χ2n) is 4.46. The van der Waals surface area contributed by atoms with Gasteiger partial charge in [0.2, 0.25) is 0 Å². The molecular formula is C14H28OS3. The van der Waals surface area contributed by atoms with Crippen LogP contribution in [-0.4, -0.2) is 28.0 Å². The monoisotopic (exact) mass is 308 g/mol. The number of carbonyl (C=O) groups excluding carboxylic acids is 1. The van der Waals surface area contributed by atoms with E-state index in [1.807, 2.05) is 18.8 Å². The van der Waals surface area contributed by atoms with Crippen molar-refractivity contribution in [1.29, 1.82) is 0 Å². The van der Waals surface area contributed by atoms with E-state index in [2.05, 4.69) is 6.92 Å². The van der Waals surface area contributed by atoms with Gasteiger partial charge in [-0.2, -0.15) is 0 Å².